The van der Waals surface area contributed by atoms with E-state index in [0.29, 0.717) is 47.0 Å². The van der Waals surface area contributed by atoms with E-state index >= 15 is 0 Å². The second kappa shape index (κ2) is 10.5. The summed E-state index contributed by atoms with van der Waals surface area (Å²) in [7, 11) is 0. The maximum absolute atomic E-state index is 12.9. The van der Waals surface area contributed by atoms with Crippen molar-refractivity contribution in [2.75, 3.05) is 23.7 Å². The van der Waals surface area contributed by atoms with Crippen LogP contribution in [0.1, 0.15) is 76.7 Å². The van der Waals surface area contributed by atoms with Gasteiger partial charge in [-0.25, -0.2) is 4.98 Å². The molecule has 1 unspecified atom stereocenters. The van der Waals surface area contributed by atoms with Gasteiger partial charge in [0.25, 0.3) is 5.91 Å². The first-order valence-electron chi connectivity index (χ1n) is 14.2. The Morgan fingerprint density at radius 1 is 1.11 bits per heavy atom. The first kappa shape index (κ1) is 25.0. The molecule has 38 heavy (non-hydrogen) atoms. The number of aromatic nitrogens is 3. The zero-order chi connectivity index (χ0) is 26.2. The minimum atomic E-state index is -0.356. The Bertz CT molecular complexity index is 1270. The van der Waals surface area contributed by atoms with Gasteiger partial charge in [0.2, 0.25) is 5.91 Å². The van der Waals surface area contributed by atoms with Gasteiger partial charge in [0.05, 0.1) is 18.7 Å². The second-order valence-electron chi connectivity index (χ2n) is 11.5. The minimum Gasteiger partial charge on any atom is -0.367 e. The maximum atomic E-state index is 12.9. The van der Waals surface area contributed by atoms with Crippen LogP contribution in [0.2, 0.25) is 0 Å². The number of hydrogen-bond acceptors (Lipinski definition) is 8. The van der Waals surface area contributed by atoms with Gasteiger partial charge in [-0.1, -0.05) is 0 Å². The van der Waals surface area contributed by atoms with E-state index in [1.165, 1.54) is 12.8 Å². The smallest absolute Gasteiger partial charge is 0.254 e. The minimum absolute atomic E-state index is 0.0508. The van der Waals surface area contributed by atoms with Crippen LogP contribution >= 0.6 is 0 Å². The number of amides is 2. The van der Waals surface area contributed by atoms with Crippen molar-refractivity contribution in [2.45, 2.75) is 89.3 Å². The number of carbonyl (C=O) groups excluding carboxylic acids is 3. The van der Waals surface area contributed by atoms with Crippen molar-refractivity contribution >= 4 is 41.0 Å². The average molecular weight is 520 g/mol. The van der Waals surface area contributed by atoms with Crippen molar-refractivity contribution in [1.82, 2.24) is 24.8 Å². The molecule has 2 aromatic heterocycles. The second-order valence-corrected chi connectivity index (χ2v) is 11.5. The molecule has 4 heterocycles. The van der Waals surface area contributed by atoms with Crippen LogP contribution < -0.4 is 16.0 Å². The Balaban J connectivity index is 1.13. The zero-order valence-electron chi connectivity index (χ0n) is 22.0. The number of fused-ring (bicyclic) bond motifs is 1. The SMILES string of the molecule is CC(C(=O)CC1CCC(Nc2cc(NC3CC3)n3ncc(/C=C4\CC(=O)NC4=O)c3n2)CC1)N1CCCC1. The summed E-state index contributed by atoms with van der Waals surface area (Å²) in [5, 5.41) is 14.0. The molecule has 2 aromatic rings. The summed E-state index contributed by atoms with van der Waals surface area (Å²) >= 11 is 0. The maximum Gasteiger partial charge on any atom is 0.254 e. The predicted molar refractivity (Wildman–Crippen MR) is 145 cm³/mol. The van der Waals surface area contributed by atoms with Crippen LogP contribution in [0.4, 0.5) is 11.6 Å². The molecular formula is C28H37N7O3. The van der Waals surface area contributed by atoms with Gasteiger partial charge in [-0.3, -0.25) is 24.6 Å². The lowest BCUT2D eigenvalue weighted by Gasteiger charge is -2.31. The number of rotatable bonds is 9. The van der Waals surface area contributed by atoms with E-state index < -0.39 is 0 Å². The number of Topliss-reactive ketones (excluding diaryl/α,β-unsaturated/α-hetero) is 1. The van der Waals surface area contributed by atoms with Crippen molar-refractivity contribution in [3.05, 3.63) is 23.4 Å². The van der Waals surface area contributed by atoms with Crippen molar-refractivity contribution in [2.24, 2.45) is 5.92 Å². The zero-order valence-corrected chi connectivity index (χ0v) is 22.0. The molecule has 0 spiro atoms. The summed E-state index contributed by atoms with van der Waals surface area (Å²) < 4.78 is 1.77. The van der Waals surface area contributed by atoms with E-state index in [0.717, 1.165) is 63.3 Å². The van der Waals surface area contributed by atoms with Crippen LogP contribution in [0, 0.1) is 5.92 Å². The van der Waals surface area contributed by atoms with Crippen LogP contribution in [-0.2, 0) is 14.4 Å². The molecular weight excluding hydrogens is 482 g/mol. The Labute approximate surface area is 222 Å². The fourth-order valence-electron chi connectivity index (χ4n) is 6.01. The third-order valence-corrected chi connectivity index (χ3v) is 8.50. The number of nitrogens with one attached hydrogen (secondary N) is 3. The standard InChI is InChI=1S/C28H37N7O3/c1-17(34-10-2-3-11-34)23(36)12-18-4-6-21(7-5-18)30-24-15-25(31-22-8-9-22)35-27(32-24)20(16-29-35)13-19-14-26(37)33-28(19)38/h13,15-18,21-22,31H,2-12,14H2,1H3,(H,30,32)(H,33,37,38)/b19-13+. The van der Waals surface area contributed by atoms with Crippen molar-refractivity contribution in [1.29, 1.82) is 0 Å². The molecule has 2 aliphatic carbocycles. The fraction of sp³-hybridized carbons (Fsp3) is 0.607. The van der Waals surface area contributed by atoms with E-state index in [1.807, 2.05) is 6.07 Å². The van der Waals surface area contributed by atoms with Crippen molar-refractivity contribution in [3.63, 3.8) is 0 Å². The monoisotopic (exact) mass is 519 g/mol. The van der Waals surface area contributed by atoms with E-state index in [1.54, 1.807) is 16.8 Å². The molecule has 1 atom stereocenters. The summed E-state index contributed by atoms with van der Waals surface area (Å²) in [5.74, 6) is 1.85. The molecule has 0 bridgehead atoms. The highest BCUT2D eigenvalue weighted by atomic mass is 16.2. The molecule has 2 saturated carbocycles. The van der Waals surface area contributed by atoms with E-state index in [4.69, 9.17) is 4.98 Å². The molecule has 10 heteroatoms. The Morgan fingerprint density at radius 3 is 2.50 bits per heavy atom. The normalized spacial score (nSPS) is 26.2. The summed E-state index contributed by atoms with van der Waals surface area (Å²) in [6, 6.07) is 2.79. The molecule has 10 nitrogen and oxygen atoms in total. The molecule has 6 rings (SSSR count). The highest BCUT2D eigenvalue weighted by molar-refractivity contribution is 6.15. The molecule has 2 saturated heterocycles. The molecule has 4 fully saturated rings. The number of anilines is 2. The van der Waals surface area contributed by atoms with Crippen LogP contribution in [0.5, 0.6) is 0 Å². The number of hydrogen-bond donors (Lipinski definition) is 3. The number of carbonyl (C=O) groups is 3. The predicted octanol–water partition coefficient (Wildman–Crippen LogP) is 3.15. The molecule has 0 radical (unpaired) electrons. The van der Waals surface area contributed by atoms with E-state index in [9.17, 15) is 14.4 Å². The van der Waals surface area contributed by atoms with Gasteiger partial charge >= 0.3 is 0 Å². The molecule has 4 aliphatic rings. The Kier molecular flexibility index (Phi) is 6.90. The third-order valence-electron chi connectivity index (χ3n) is 8.50. The lowest BCUT2D eigenvalue weighted by Crippen LogP contribution is -2.38. The van der Waals surface area contributed by atoms with Gasteiger partial charge in [-0.2, -0.15) is 9.61 Å². The highest BCUT2D eigenvalue weighted by Gasteiger charge is 2.29. The van der Waals surface area contributed by atoms with Crippen molar-refractivity contribution in [3.8, 4) is 0 Å². The quantitative estimate of drug-likeness (QED) is 0.341. The summed E-state index contributed by atoms with van der Waals surface area (Å²) in [6.07, 6.45) is 12.9. The fourth-order valence-corrected chi connectivity index (χ4v) is 6.01. The third kappa shape index (κ3) is 5.45. The number of ketones is 1. The first-order valence-corrected chi connectivity index (χ1v) is 14.2. The lowest BCUT2D eigenvalue weighted by atomic mass is 9.82. The highest BCUT2D eigenvalue weighted by Crippen LogP contribution is 2.32. The Hall–Kier alpha value is -3.27. The van der Waals surface area contributed by atoms with Crippen molar-refractivity contribution < 1.29 is 14.4 Å². The van der Waals surface area contributed by atoms with E-state index in [-0.39, 0.29) is 24.3 Å². The summed E-state index contributed by atoms with van der Waals surface area (Å²) in [4.78, 5) is 43.8. The molecule has 2 aliphatic heterocycles. The van der Waals surface area contributed by atoms with Crippen LogP contribution in [0.25, 0.3) is 11.7 Å². The van der Waals surface area contributed by atoms with Crippen LogP contribution in [0.3, 0.4) is 0 Å². The number of nitrogens with zero attached hydrogens (tertiary/aromatic N) is 4. The van der Waals surface area contributed by atoms with Crippen LogP contribution in [0.15, 0.2) is 17.8 Å². The largest absolute Gasteiger partial charge is 0.367 e. The molecule has 202 valence electrons. The van der Waals surface area contributed by atoms with Gasteiger partial charge in [0.15, 0.2) is 5.65 Å². The van der Waals surface area contributed by atoms with Gasteiger partial charge in [0.1, 0.15) is 17.4 Å². The molecule has 3 N–H and O–H groups in total. The van der Waals surface area contributed by atoms with E-state index in [2.05, 4.69) is 32.9 Å². The van der Waals surface area contributed by atoms with Gasteiger partial charge in [-0.15, -0.1) is 0 Å². The number of likely N-dealkylation sites (tertiary alicyclic amines) is 1. The number of imide groups is 1. The van der Waals surface area contributed by atoms with Gasteiger partial charge < -0.3 is 10.6 Å². The van der Waals surface area contributed by atoms with Crippen LogP contribution in [-0.4, -0.2) is 68.3 Å². The summed E-state index contributed by atoms with van der Waals surface area (Å²) in [6.45, 7) is 4.19. The first-order chi connectivity index (χ1) is 18.4. The molecule has 2 amide bonds. The lowest BCUT2D eigenvalue weighted by molar-refractivity contribution is -0.125. The molecule has 0 aromatic carbocycles. The van der Waals surface area contributed by atoms with Gasteiger partial charge in [-0.05, 0) is 83.4 Å². The summed E-state index contributed by atoms with van der Waals surface area (Å²) in [5.41, 5.74) is 1.78. The van der Waals surface area contributed by atoms with Gasteiger partial charge in [0, 0.05) is 35.7 Å². The average Bonchev–Trinajstić information content (AvgIpc) is 3.25. The Morgan fingerprint density at radius 2 is 1.82 bits per heavy atom. The topological polar surface area (TPSA) is 121 Å².